The maximum atomic E-state index is 12.0. The van der Waals surface area contributed by atoms with E-state index in [9.17, 15) is 9.59 Å². The molecule has 6 heteroatoms. The van der Waals surface area contributed by atoms with Crippen molar-refractivity contribution in [2.45, 2.75) is 31.2 Å². The van der Waals surface area contributed by atoms with Crippen LogP contribution in [0.1, 0.15) is 35.4 Å². The molecular weight excluding hydrogens is 240 g/mol. The largest absolute Gasteiger partial charge is 0.477 e. The van der Waals surface area contributed by atoms with Gasteiger partial charge in [-0.2, -0.15) is 0 Å². The fraction of sp³-hybridized carbons (Fsp3) is 0.455. The lowest BCUT2D eigenvalue weighted by atomic mass is 9.93. The molecule has 17 heavy (non-hydrogen) atoms. The second-order valence-electron chi connectivity index (χ2n) is 4.53. The van der Waals surface area contributed by atoms with Gasteiger partial charge in [0, 0.05) is 5.38 Å². The van der Waals surface area contributed by atoms with E-state index in [1.165, 1.54) is 0 Å². The number of carboxylic acids is 1. The van der Waals surface area contributed by atoms with Gasteiger partial charge in [-0.05, 0) is 12.8 Å². The van der Waals surface area contributed by atoms with Crippen molar-refractivity contribution in [3.05, 3.63) is 10.3 Å². The van der Waals surface area contributed by atoms with E-state index in [0.717, 1.165) is 37.0 Å². The zero-order valence-electron chi connectivity index (χ0n) is 9.08. The Morgan fingerprint density at radius 3 is 2.76 bits per heavy atom. The minimum atomic E-state index is -0.951. The summed E-state index contributed by atoms with van der Waals surface area (Å²) in [6.45, 7) is 0. The van der Waals surface area contributed by atoms with Crippen molar-refractivity contribution < 1.29 is 14.7 Å². The molecular formula is C11H12N2O3S. The summed E-state index contributed by atoms with van der Waals surface area (Å²) in [4.78, 5) is 23.4. The van der Waals surface area contributed by atoms with Gasteiger partial charge in [0.15, 0.2) is 0 Å². The molecule has 90 valence electrons. The molecule has 1 aromatic rings. The highest BCUT2D eigenvalue weighted by Gasteiger charge is 2.45. The Bertz CT molecular complexity index is 503. The van der Waals surface area contributed by atoms with E-state index < -0.39 is 11.5 Å². The fourth-order valence-electron chi connectivity index (χ4n) is 2.60. The van der Waals surface area contributed by atoms with Gasteiger partial charge in [0.1, 0.15) is 10.4 Å². The van der Waals surface area contributed by atoms with Crippen LogP contribution in [0.4, 0.5) is 11.4 Å². The predicted octanol–water partition coefficient (Wildman–Crippen LogP) is 2.12. The van der Waals surface area contributed by atoms with Crippen molar-refractivity contribution in [3.8, 4) is 0 Å². The van der Waals surface area contributed by atoms with E-state index >= 15 is 0 Å². The van der Waals surface area contributed by atoms with Crippen molar-refractivity contribution in [2.24, 2.45) is 0 Å². The zero-order valence-corrected chi connectivity index (χ0v) is 9.89. The van der Waals surface area contributed by atoms with Gasteiger partial charge in [0.2, 0.25) is 5.91 Å². The number of hydrogen-bond donors (Lipinski definition) is 3. The Hall–Kier alpha value is -1.56. The summed E-state index contributed by atoms with van der Waals surface area (Å²) in [6, 6.07) is 0. The Morgan fingerprint density at radius 1 is 1.41 bits per heavy atom. The fourth-order valence-corrected chi connectivity index (χ4v) is 3.39. The quantitative estimate of drug-likeness (QED) is 0.715. The van der Waals surface area contributed by atoms with Crippen LogP contribution in [0.5, 0.6) is 0 Å². The van der Waals surface area contributed by atoms with Gasteiger partial charge in [-0.25, -0.2) is 4.79 Å². The van der Waals surface area contributed by atoms with E-state index in [-0.39, 0.29) is 10.8 Å². The van der Waals surface area contributed by atoms with Crippen LogP contribution in [0.15, 0.2) is 5.38 Å². The lowest BCUT2D eigenvalue weighted by Crippen LogP contribution is -2.50. The Labute approximate surface area is 102 Å². The number of nitrogens with one attached hydrogen (secondary N) is 2. The summed E-state index contributed by atoms with van der Waals surface area (Å²) in [5.74, 6) is -0.981. The standard InChI is InChI=1S/C11H12N2O3S/c14-9(15)8-7-6(5-17-8)12-10(16)11(13-7)3-1-2-4-11/h5,13H,1-4H2,(H,12,16)(H,14,15). The molecule has 2 aliphatic rings. The van der Waals surface area contributed by atoms with Crippen LogP contribution in [0.25, 0.3) is 0 Å². The number of fused-ring (bicyclic) bond motifs is 1. The third-order valence-electron chi connectivity index (χ3n) is 3.49. The average molecular weight is 252 g/mol. The van der Waals surface area contributed by atoms with Gasteiger partial charge in [0.05, 0.1) is 11.4 Å². The van der Waals surface area contributed by atoms with Crippen LogP contribution in [-0.4, -0.2) is 22.5 Å². The first kappa shape index (κ1) is 10.6. The molecule has 1 aromatic heterocycles. The summed E-state index contributed by atoms with van der Waals surface area (Å²) in [5.41, 5.74) is 0.581. The first-order valence-corrected chi connectivity index (χ1v) is 6.45. The van der Waals surface area contributed by atoms with Crippen LogP contribution in [0.2, 0.25) is 0 Å². The normalized spacial score (nSPS) is 20.8. The van der Waals surface area contributed by atoms with Crippen LogP contribution < -0.4 is 10.6 Å². The lowest BCUT2D eigenvalue weighted by Gasteiger charge is -2.34. The van der Waals surface area contributed by atoms with E-state index in [1.54, 1.807) is 5.38 Å². The summed E-state index contributed by atoms with van der Waals surface area (Å²) in [6.07, 6.45) is 3.55. The molecule has 0 unspecified atom stereocenters. The molecule has 0 saturated heterocycles. The zero-order chi connectivity index (χ0) is 12.0. The number of rotatable bonds is 1. The van der Waals surface area contributed by atoms with E-state index in [0.29, 0.717) is 11.4 Å². The van der Waals surface area contributed by atoms with Crippen LogP contribution in [-0.2, 0) is 4.79 Å². The molecule has 1 aliphatic carbocycles. The molecule has 1 amide bonds. The van der Waals surface area contributed by atoms with Crippen molar-refractivity contribution >= 4 is 34.6 Å². The maximum Gasteiger partial charge on any atom is 0.348 e. The number of thiophene rings is 1. The molecule has 1 fully saturated rings. The van der Waals surface area contributed by atoms with Crippen molar-refractivity contribution in [3.63, 3.8) is 0 Å². The third kappa shape index (κ3) is 1.44. The van der Waals surface area contributed by atoms with Gasteiger partial charge in [-0.15, -0.1) is 11.3 Å². The van der Waals surface area contributed by atoms with E-state index in [2.05, 4.69) is 10.6 Å². The van der Waals surface area contributed by atoms with Crippen LogP contribution >= 0.6 is 11.3 Å². The van der Waals surface area contributed by atoms with Gasteiger partial charge >= 0.3 is 5.97 Å². The monoisotopic (exact) mass is 252 g/mol. The number of aromatic carboxylic acids is 1. The molecule has 2 heterocycles. The molecule has 0 radical (unpaired) electrons. The second kappa shape index (κ2) is 3.46. The summed E-state index contributed by atoms with van der Waals surface area (Å²) in [7, 11) is 0. The van der Waals surface area contributed by atoms with Gasteiger partial charge in [-0.1, -0.05) is 12.8 Å². The molecule has 3 rings (SSSR count). The number of carbonyl (C=O) groups is 2. The Balaban J connectivity index is 2.04. The molecule has 0 bridgehead atoms. The van der Waals surface area contributed by atoms with Crippen molar-refractivity contribution in [2.75, 3.05) is 10.6 Å². The number of anilines is 2. The first-order valence-electron chi connectivity index (χ1n) is 5.57. The maximum absolute atomic E-state index is 12.0. The number of hydrogen-bond acceptors (Lipinski definition) is 4. The van der Waals surface area contributed by atoms with E-state index in [1.807, 2.05) is 0 Å². The average Bonchev–Trinajstić information content (AvgIpc) is 2.87. The van der Waals surface area contributed by atoms with Crippen LogP contribution in [0, 0.1) is 0 Å². The molecule has 0 atom stereocenters. The number of carbonyl (C=O) groups excluding carboxylic acids is 1. The lowest BCUT2D eigenvalue weighted by molar-refractivity contribution is -0.120. The summed E-state index contributed by atoms with van der Waals surface area (Å²) >= 11 is 1.14. The summed E-state index contributed by atoms with van der Waals surface area (Å²) in [5, 5.41) is 16.7. The summed E-state index contributed by atoms with van der Waals surface area (Å²) < 4.78 is 0. The molecule has 3 N–H and O–H groups in total. The third-order valence-corrected chi connectivity index (χ3v) is 4.46. The molecule has 5 nitrogen and oxygen atoms in total. The van der Waals surface area contributed by atoms with Gasteiger partial charge in [0.25, 0.3) is 0 Å². The second-order valence-corrected chi connectivity index (χ2v) is 5.41. The highest BCUT2D eigenvalue weighted by Crippen LogP contribution is 2.43. The SMILES string of the molecule is O=C(O)c1scc2c1NC1(CCCC1)C(=O)N2. The highest BCUT2D eigenvalue weighted by molar-refractivity contribution is 7.13. The van der Waals surface area contributed by atoms with Crippen molar-refractivity contribution in [1.29, 1.82) is 0 Å². The minimum absolute atomic E-state index is 0.0303. The molecule has 1 spiro atoms. The number of amides is 1. The Morgan fingerprint density at radius 2 is 2.12 bits per heavy atom. The topological polar surface area (TPSA) is 78.4 Å². The van der Waals surface area contributed by atoms with Gasteiger partial charge in [-0.3, -0.25) is 4.79 Å². The van der Waals surface area contributed by atoms with E-state index in [4.69, 9.17) is 5.11 Å². The highest BCUT2D eigenvalue weighted by atomic mass is 32.1. The molecule has 0 aromatic carbocycles. The van der Waals surface area contributed by atoms with Gasteiger partial charge < -0.3 is 15.7 Å². The molecule has 1 saturated carbocycles. The Kier molecular flexibility index (Phi) is 2.16. The minimum Gasteiger partial charge on any atom is -0.477 e. The number of carboxylic acid groups (broad SMARTS) is 1. The van der Waals surface area contributed by atoms with Crippen molar-refractivity contribution in [1.82, 2.24) is 0 Å². The predicted molar refractivity (Wildman–Crippen MR) is 64.7 cm³/mol. The first-order chi connectivity index (χ1) is 8.12. The molecule has 1 aliphatic heterocycles. The smallest absolute Gasteiger partial charge is 0.348 e. The van der Waals surface area contributed by atoms with Crippen LogP contribution in [0.3, 0.4) is 0 Å².